The zero-order valence-corrected chi connectivity index (χ0v) is 11.7. The Morgan fingerprint density at radius 3 is 2.89 bits per heavy atom. The van der Waals surface area contributed by atoms with Gasteiger partial charge in [0, 0.05) is 19.6 Å². The minimum absolute atomic E-state index is 0.493. The summed E-state index contributed by atoms with van der Waals surface area (Å²) in [5, 5.41) is 9.32. The molecule has 19 heavy (non-hydrogen) atoms. The molecule has 0 amide bonds. The summed E-state index contributed by atoms with van der Waals surface area (Å²) in [5.41, 5.74) is 8.51. The summed E-state index contributed by atoms with van der Waals surface area (Å²) in [7, 11) is 0. The molecular formula is C16H23N3. The lowest BCUT2D eigenvalue weighted by Gasteiger charge is -2.24. The number of nitriles is 1. The largest absolute Gasteiger partial charge is 0.370 e. The Balaban J connectivity index is 2.19. The zero-order valence-electron chi connectivity index (χ0n) is 11.7. The number of anilines is 1. The minimum Gasteiger partial charge on any atom is -0.370 e. The van der Waals surface area contributed by atoms with Crippen LogP contribution in [-0.4, -0.2) is 13.1 Å². The van der Waals surface area contributed by atoms with Crippen molar-refractivity contribution in [2.75, 3.05) is 18.0 Å². The summed E-state index contributed by atoms with van der Waals surface area (Å²) < 4.78 is 0. The first-order chi connectivity index (χ1) is 9.28. The molecule has 1 aromatic carbocycles. The first-order valence-electron chi connectivity index (χ1n) is 7.26. The molecule has 1 heterocycles. The molecule has 0 aliphatic carbocycles. The molecule has 0 saturated carbocycles. The lowest BCUT2D eigenvalue weighted by molar-refractivity contribution is 0.459. The van der Waals surface area contributed by atoms with Gasteiger partial charge in [0.05, 0.1) is 11.3 Å². The van der Waals surface area contributed by atoms with Crippen molar-refractivity contribution < 1.29 is 0 Å². The zero-order chi connectivity index (χ0) is 13.7. The van der Waals surface area contributed by atoms with Crippen LogP contribution in [0.1, 0.15) is 43.7 Å². The Morgan fingerprint density at radius 1 is 1.37 bits per heavy atom. The van der Waals surface area contributed by atoms with Gasteiger partial charge >= 0.3 is 0 Å². The fraction of sp³-hybridized carbons (Fsp3) is 0.562. The summed E-state index contributed by atoms with van der Waals surface area (Å²) in [6.07, 6.45) is 5.04. The second kappa shape index (κ2) is 6.58. The lowest BCUT2D eigenvalue weighted by atomic mass is 9.98. The van der Waals surface area contributed by atoms with Crippen molar-refractivity contribution in [3.05, 3.63) is 29.3 Å². The van der Waals surface area contributed by atoms with Crippen molar-refractivity contribution >= 4 is 5.69 Å². The van der Waals surface area contributed by atoms with Gasteiger partial charge in [0.1, 0.15) is 6.07 Å². The molecule has 102 valence electrons. The second-order valence-corrected chi connectivity index (χ2v) is 5.36. The van der Waals surface area contributed by atoms with Crippen molar-refractivity contribution in [2.45, 2.75) is 39.2 Å². The number of hydrogen-bond donors (Lipinski definition) is 1. The van der Waals surface area contributed by atoms with Gasteiger partial charge in [0.2, 0.25) is 0 Å². The maximum atomic E-state index is 9.32. The van der Waals surface area contributed by atoms with Gasteiger partial charge in [-0.3, -0.25) is 0 Å². The molecule has 1 aliphatic heterocycles. The van der Waals surface area contributed by atoms with Crippen molar-refractivity contribution in [3.8, 4) is 6.07 Å². The fourth-order valence-electron chi connectivity index (χ4n) is 2.89. The van der Waals surface area contributed by atoms with Gasteiger partial charge in [-0.1, -0.05) is 19.4 Å². The van der Waals surface area contributed by atoms with Crippen LogP contribution >= 0.6 is 0 Å². The van der Waals surface area contributed by atoms with Gasteiger partial charge in [0.15, 0.2) is 0 Å². The van der Waals surface area contributed by atoms with E-state index < -0.39 is 0 Å². The molecule has 0 radical (unpaired) electrons. The highest BCUT2D eigenvalue weighted by atomic mass is 15.1. The maximum Gasteiger partial charge on any atom is 0.101 e. The van der Waals surface area contributed by atoms with Gasteiger partial charge in [-0.05, 0) is 42.9 Å². The fourth-order valence-corrected chi connectivity index (χ4v) is 2.89. The van der Waals surface area contributed by atoms with Gasteiger partial charge in [-0.2, -0.15) is 5.26 Å². The lowest BCUT2D eigenvalue weighted by Crippen LogP contribution is -2.25. The predicted molar refractivity (Wildman–Crippen MR) is 78.9 cm³/mol. The molecule has 0 aromatic heterocycles. The Morgan fingerprint density at radius 2 is 2.21 bits per heavy atom. The van der Waals surface area contributed by atoms with Crippen LogP contribution in [0.5, 0.6) is 0 Å². The standard InChI is InChI=1S/C16H23N3/c1-2-13-4-3-8-19(9-7-13)16-6-5-14(11-17)10-15(16)12-18/h5-6,10,13H,2-4,7-9,11,17H2,1H3. The van der Waals surface area contributed by atoms with E-state index in [0.29, 0.717) is 6.54 Å². The molecule has 1 aliphatic rings. The Kier molecular flexibility index (Phi) is 4.81. The van der Waals surface area contributed by atoms with E-state index in [9.17, 15) is 5.26 Å². The third kappa shape index (κ3) is 3.27. The topological polar surface area (TPSA) is 53.0 Å². The number of rotatable bonds is 3. The molecule has 1 fully saturated rings. The number of nitrogens with zero attached hydrogens (tertiary/aromatic N) is 2. The average molecular weight is 257 g/mol. The summed E-state index contributed by atoms with van der Waals surface area (Å²) in [4.78, 5) is 2.37. The van der Waals surface area contributed by atoms with Crippen LogP contribution in [0.3, 0.4) is 0 Å². The second-order valence-electron chi connectivity index (χ2n) is 5.36. The molecule has 0 spiro atoms. The summed E-state index contributed by atoms with van der Waals surface area (Å²) >= 11 is 0. The highest BCUT2D eigenvalue weighted by molar-refractivity contribution is 5.60. The van der Waals surface area contributed by atoms with Crippen LogP contribution in [0, 0.1) is 17.2 Å². The van der Waals surface area contributed by atoms with Crippen LogP contribution in [0.25, 0.3) is 0 Å². The van der Waals surface area contributed by atoms with Crippen molar-refractivity contribution in [3.63, 3.8) is 0 Å². The third-order valence-electron chi connectivity index (χ3n) is 4.18. The van der Waals surface area contributed by atoms with Crippen LogP contribution < -0.4 is 10.6 Å². The monoisotopic (exact) mass is 257 g/mol. The predicted octanol–water partition coefficient (Wildman–Crippen LogP) is 3.03. The number of benzene rings is 1. The van der Waals surface area contributed by atoms with Crippen molar-refractivity contribution in [2.24, 2.45) is 11.7 Å². The van der Waals surface area contributed by atoms with Gasteiger partial charge < -0.3 is 10.6 Å². The van der Waals surface area contributed by atoms with Crippen molar-refractivity contribution in [1.82, 2.24) is 0 Å². The first kappa shape index (κ1) is 13.9. The number of hydrogen-bond acceptors (Lipinski definition) is 3. The SMILES string of the molecule is CCC1CCCN(c2ccc(CN)cc2C#N)CC1. The van der Waals surface area contributed by atoms with Gasteiger partial charge in [-0.25, -0.2) is 0 Å². The Labute approximate surface area is 116 Å². The van der Waals surface area contributed by atoms with Crippen LogP contribution in [0.2, 0.25) is 0 Å². The van der Waals surface area contributed by atoms with E-state index in [1.165, 1.54) is 25.7 Å². The molecular weight excluding hydrogens is 234 g/mol. The van der Waals surface area contributed by atoms with Gasteiger partial charge in [0.25, 0.3) is 0 Å². The molecule has 3 nitrogen and oxygen atoms in total. The molecule has 1 unspecified atom stereocenters. The Bertz CT molecular complexity index is 462. The third-order valence-corrected chi connectivity index (χ3v) is 4.18. The highest BCUT2D eigenvalue weighted by Crippen LogP contribution is 2.27. The summed E-state index contributed by atoms with van der Waals surface area (Å²) in [6, 6.07) is 8.35. The van der Waals surface area contributed by atoms with Crippen molar-refractivity contribution in [1.29, 1.82) is 5.26 Å². The molecule has 1 saturated heterocycles. The molecule has 1 atom stereocenters. The minimum atomic E-state index is 0.493. The quantitative estimate of drug-likeness (QED) is 0.905. The van der Waals surface area contributed by atoms with E-state index in [1.54, 1.807) is 0 Å². The smallest absolute Gasteiger partial charge is 0.101 e. The first-order valence-corrected chi connectivity index (χ1v) is 7.26. The molecule has 0 bridgehead atoms. The molecule has 3 heteroatoms. The molecule has 2 N–H and O–H groups in total. The van der Waals surface area contributed by atoms with E-state index in [1.807, 2.05) is 12.1 Å². The van der Waals surface area contributed by atoms with E-state index in [4.69, 9.17) is 5.73 Å². The van der Waals surface area contributed by atoms with Crippen LogP contribution in [0.15, 0.2) is 18.2 Å². The Hall–Kier alpha value is -1.53. The van der Waals surface area contributed by atoms with E-state index >= 15 is 0 Å². The number of nitrogens with two attached hydrogens (primary N) is 1. The normalized spacial score (nSPS) is 19.8. The molecule has 2 rings (SSSR count). The van der Waals surface area contributed by atoms with E-state index in [2.05, 4.69) is 24.0 Å². The maximum absolute atomic E-state index is 9.32. The summed E-state index contributed by atoms with van der Waals surface area (Å²) in [5.74, 6) is 0.846. The summed E-state index contributed by atoms with van der Waals surface area (Å²) in [6.45, 7) is 4.90. The van der Waals surface area contributed by atoms with Crippen LogP contribution in [0.4, 0.5) is 5.69 Å². The van der Waals surface area contributed by atoms with E-state index in [0.717, 1.165) is 35.8 Å². The molecule has 1 aromatic rings. The van der Waals surface area contributed by atoms with Crippen LogP contribution in [-0.2, 0) is 6.54 Å². The van der Waals surface area contributed by atoms with Gasteiger partial charge in [-0.15, -0.1) is 0 Å². The average Bonchev–Trinajstić information content (AvgIpc) is 2.71. The highest BCUT2D eigenvalue weighted by Gasteiger charge is 2.18. The van der Waals surface area contributed by atoms with E-state index in [-0.39, 0.29) is 0 Å².